The largest absolute Gasteiger partial charge is 0.326 e. The minimum Gasteiger partial charge on any atom is -0.326 e. The number of rotatable bonds is 6. The Morgan fingerprint density at radius 1 is 1.29 bits per heavy atom. The lowest BCUT2D eigenvalue weighted by atomic mass is 9.98. The Balaban J connectivity index is 1.51. The zero-order valence-corrected chi connectivity index (χ0v) is 14.2. The first-order valence-corrected chi connectivity index (χ1v) is 9.05. The Bertz CT molecular complexity index is 712. The number of amides is 1. The zero-order valence-electron chi connectivity index (χ0n) is 13.4. The molecule has 1 saturated carbocycles. The fraction of sp³-hybridized carbons (Fsp3) is 0.389. The fourth-order valence-electron chi connectivity index (χ4n) is 3.17. The molecule has 0 bridgehead atoms. The summed E-state index contributed by atoms with van der Waals surface area (Å²) >= 11 is 1.68. The standard InChI is InChI=1S/C18H20N4OS/c19-13-14-3-5-15(6-4-14)22-16(23)7-10-21-18(8-1-2-9-18)17-20-11-12-24-17/h3-6,11-12,21H,1-2,7-10H2,(H,22,23). The topological polar surface area (TPSA) is 77.8 Å². The third-order valence-corrected chi connectivity index (χ3v) is 5.39. The average Bonchev–Trinajstić information content (AvgIpc) is 3.28. The summed E-state index contributed by atoms with van der Waals surface area (Å²) in [7, 11) is 0. The van der Waals surface area contributed by atoms with Gasteiger partial charge in [0.1, 0.15) is 5.01 Å². The molecule has 1 fully saturated rings. The molecule has 0 unspecified atom stereocenters. The van der Waals surface area contributed by atoms with Crippen LogP contribution in [0.1, 0.15) is 42.7 Å². The molecule has 1 heterocycles. The quantitative estimate of drug-likeness (QED) is 0.845. The lowest BCUT2D eigenvalue weighted by Gasteiger charge is -2.28. The van der Waals surface area contributed by atoms with E-state index < -0.39 is 0 Å². The minimum absolute atomic E-state index is 0.0282. The molecule has 3 rings (SSSR count). The van der Waals surface area contributed by atoms with Gasteiger partial charge in [0.2, 0.25) is 5.91 Å². The van der Waals surface area contributed by atoms with Crippen LogP contribution in [0.25, 0.3) is 0 Å². The third kappa shape index (κ3) is 3.81. The Morgan fingerprint density at radius 3 is 2.67 bits per heavy atom. The van der Waals surface area contributed by atoms with E-state index in [9.17, 15) is 4.79 Å². The molecule has 1 aliphatic rings. The Kier molecular flexibility index (Phi) is 5.24. The second kappa shape index (κ2) is 7.56. The molecule has 24 heavy (non-hydrogen) atoms. The van der Waals surface area contributed by atoms with Gasteiger partial charge in [0, 0.05) is 30.2 Å². The van der Waals surface area contributed by atoms with E-state index in [4.69, 9.17) is 5.26 Å². The van der Waals surface area contributed by atoms with Crippen molar-refractivity contribution in [3.63, 3.8) is 0 Å². The zero-order chi connectivity index (χ0) is 16.8. The fourth-order valence-corrected chi connectivity index (χ4v) is 4.05. The minimum atomic E-state index is -0.0527. The number of thiazole rings is 1. The van der Waals surface area contributed by atoms with Crippen molar-refractivity contribution < 1.29 is 4.79 Å². The summed E-state index contributed by atoms with van der Waals surface area (Å²) in [6.07, 6.45) is 6.82. The first-order chi connectivity index (χ1) is 11.7. The third-order valence-electron chi connectivity index (χ3n) is 4.41. The van der Waals surface area contributed by atoms with Gasteiger partial charge in [-0.05, 0) is 37.1 Å². The predicted molar refractivity (Wildman–Crippen MR) is 94.7 cm³/mol. The van der Waals surface area contributed by atoms with E-state index in [0.717, 1.165) is 23.5 Å². The highest BCUT2D eigenvalue weighted by atomic mass is 32.1. The monoisotopic (exact) mass is 340 g/mol. The van der Waals surface area contributed by atoms with Crippen LogP contribution in [-0.4, -0.2) is 17.4 Å². The van der Waals surface area contributed by atoms with Gasteiger partial charge < -0.3 is 10.6 Å². The van der Waals surface area contributed by atoms with Crippen molar-refractivity contribution in [2.24, 2.45) is 0 Å². The van der Waals surface area contributed by atoms with Gasteiger partial charge in [-0.3, -0.25) is 4.79 Å². The molecule has 124 valence electrons. The lowest BCUT2D eigenvalue weighted by Crippen LogP contribution is -2.41. The Labute approximate surface area is 145 Å². The van der Waals surface area contributed by atoms with Crippen molar-refractivity contribution in [2.75, 3.05) is 11.9 Å². The van der Waals surface area contributed by atoms with Crippen molar-refractivity contribution in [1.29, 1.82) is 5.26 Å². The first-order valence-electron chi connectivity index (χ1n) is 8.17. The van der Waals surface area contributed by atoms with E-state index in [2.05, 4.69) is 21.7 Å². The molecule has 0 radical (unpaired) electrons. The second-order valence-electron chi connectivity index (χ2n) is 6.04. The van der Waals surface area contributed by atoms with Gasteiger partial charge in [0.15, 0.2) is 0 Å². The van der Waals surface area contributed by atoms with Gasteiger partial charge in [0.05, 0.1) is 17.2 Å². The van der Waals surface area contributed by atoms with Crippen LogP contribution in [0.5, 0.6) is 0 Å². The van der Waals surface area contributed by atoms with Crippen LogP contribution in [0.4, 0.5) is 5.69 Å². The van der Waals surface area contributed by atoms with E-state index in [1.54, 1.807) is 35.6 Å². The molecular weight excluding hydrogens is 320 g/mol. The number of hydrogen-bond donors (Lipinski definition) is 2. The van der Waals surface area contributed by atoms with Gasteiger partial charge in [-0.15, -0.1) is 11.3 Å². The average molecular weight is 340 g/mol. The van der Waals surface area contributed by atoms with Crippen LogP contribution in [0.3, 0.4) is 0 Å². The van der Waals surface area contributed by atoms with Gasteiger partial charge in [-0.25, -0.2) is 4.98 Å². The number of hydrogen-bond acceptors (Lipinski definition) is 5. The molecule has 0 saturated heterocycles. The van der Waals surface area contributed by atoms with Crippen molar-refractivity contribution in [1.82, 2.24) is 10.3 Å². The summed E-state index contributed by atoms with van der Waals surface area (Å²) in [6.45, 7) is 0.627. The van der Waals surface area contributed by atoms with E-state index >= 15 is 0 Å². The maximum absolute atomic E-state index is 12.1. The second-order valence-corrected chi connectivity index (χ2v) is 6.94. The number of anilines is 1. The van der Waals surface area contributed by atoms with Crippen molar-refractivity contribution in [3.05, 3.63) is 46.4 Å². The predicted octanol–water partition coefficient (Wildman–Crippen LogP) is 3.40. The summed E-state index contributed by atoms with van der Waals surface area (Å²) in [5.74, 6) is -0.0282. The van der Waals surface area contributed by atoms with Crippen LogP contribution >= 0.6 is 11.3 Å². The number of carbonyl (C=O) groups excluding carboxylic acids is 1. The summed E-state index contributed by atoms with van der Waals surface area (Å²) < 4.78 is 0. The van der Waals surface area contributed by atoms with E-state index in [0.29, 0.717) is 18.5 Å². The number of nitriles is 1. The Morgan fingerprint density at radius 2 is 2.04 bits per heavy atom. The van der Waals surface area contributed by atoms with E-state index in [1.807, 2.05) is 11.6 Å². The highest BCUT2D eigenvalue weighted by Crippen LogP contribution is 2.39. The highest BCUT2D eigenvalue weighted by molar-refractivity contribution is 7.09. The number of nitrogens with zero attached hydrogens (tertiary/aromatic N) is 2. The van der Waals surface area contributed by atoms with Crippen LogP contribution in [0, 0.1) is 11.3 Å². The van der Waals surface area contributed by atoms with Crippen LogP contribution in [0.2, 0.25) is 0 Å². The normalized spacial score (nSPS) is 15.8. The maximum Gasteiger partial charge on any atom is 0.225 e. The number of aromatic nitrogens is 1. The number of benzene rings is 1. The van der Waals surface area contributed by atoms with Crippen LogP contribution in [-0.2, 0) is 10.3 Å². The van der Waals surface area contributed by atoms with Crippen molar-refractivity contribution in [2.45, 2.75) is 37.6 Å². The van der Waals surface area contributed by atoms with E-state index in [1.165, 1.54) is 12.8 Å². The van der Waals surface area contributed by atoms with Gasteiger partial charge in [0.25, 0.3) is 0 Å². The van der Waals surface area contributed by atoms with Crippen molar-refractivity contribution in [3.8, 4) is 6.07 Å². The van der Waals surface area contributed by atoms with Crippen molar-refractivity contribution >= 4 is 22.9 Å². The summed E-state index contributed by atoms with van der Waals surface area (Å²) in [5.41, 5.74) is 1.25. The van der Waals surface area contributed by atoms with E-state index in [-0.39, 0.29) is 11.4 Å². The van der Waals surface area contributed by atoms with Gasteiger partial charge in [-0.1, -0.05) is 12.8 Å². The molecule has 6 heteroatoms. The molecule has 1 aromatic carbocycles. The highest BCUT2D eigenvalue weighted by Gasteiger charge is 2.37. The summed E-state index contributed by atoms with van der Waals surface area (Å²) in [5, 5.41) is 18.4. The maximum atomic E-state index is 12.1. The molecule has 1 aromatic heterocycles. The first kappa shape index (κ1) is 16.6. The molecule has 0 atom stereocenters. The van der Waals surface area contributed by atoms with Gasteiger partial charge in [-0.2, -0.15) is 5.26 Å². The smallest absolute Gasteiger partial charge is 0.225 e. The SMILES string of the molecule is N#Cc1ccc(NC(=O)CCNC2(c3nccs3)CCCC2)cc1. The molecular formula is C18H20N4OS. The van der Waals surface area contributed by atoms with Crippen LogP contribution in [0.15, 0.2) is 35.8 Å². The Hall–Kier alpha value is -2.23. The molecule has 1 amide bonds. The van der Waals surface area contributed by atoms with Crippen LogP contribution < -0.4 is 10.6 Å². The number of carbonyl (C=O) groups is 1. The molecule has 5 nitrogen and oxygen atoms in total. The summed E-state index contributed by atoms with van der Waals surface area (Å²) in [6, 6.07) is 8.96. The molecule has 0 spiro atoms. The molecule has 2 N–H and O–H groups in total. The molecule has 2 aromatic rings. The molecule has 0 aliphatic heterocycles. The number of nitrogens with one attached hydrogen (secondary N) is 2. The lowest BCUT2D eigenvalue weighted by molar-refractivity contribution is -0.116. The van der Waals surface area contributed by atoms with Gasteiger partial charge >= 0.3 is 0 Å². The summed E-state index contributed by atoms with van der Waals surface area (Å²) in [4.78, 5) is 16.6. The molecule has 1 aliphatic carbocycles.